The average Bonchev–Trinajstić information content (AvgIpc) is 2.89. The Labute approximate surface area is 228 Å². The second-order valence-electron chi connectivity index (χ2n) is 7.44. The van der Waals surface area contributed by atoms with Crippen molar-refractivity contribution in [2.24, 2.45) is 5.10 Å². The maximum atomic E-state index is 12.6. The molecule has 0 saturated carbocycles. The Morgan fingerprint density at radius 1 is 0.919 bits per heavy atom. The van der Waals surface area contributed by atoms with E-state index >= 15 is 0 Å². The summed E-state index contributed by atoms with van der Waals surface area (Å²) in [4.78, 5) is 36.8. The van der Waals surface area contributed by atoms with Gasteiger partial charge in [-0.1, -0.05) is 12.1 Å². The SMILES string of the molecule is CCOc1ccc(C(=O)Oc2ccc(C=NNC(=O)CNC(=O)c3ccccc3I)cc2OCC)cc1. The van der Waals surface area contributed by atoms with E-state index in [2.05, 4.69) is 38.4 Å². The fourth-order valence-electron chi connectivity index (χ4n) is 3.09. The van der Waals surface area contributed by atoms with Gasteiger partial charge in [-0.25, -0.2) is 10.2 Å². The van der Waals surface area contributed by atoms with Crippen LogP contribution in [0.1, 0.15) is 40.1 Å². The van der Waals surface area contributed by atoms with Crippen LogP contribution in [0, 0.1) is 3.57 Å². The molecule has 0 atom stereocenters. The van der Waals surface area contributed by atoms with Gasteiger partial charge in [-0.05, 0) is 96.6 Å². The summed E-state index contributed by atoms with van der Waals surface area (Å²) in [5.74, 6) is -0.104. The van der Waals surface area contributed by atoms with E-state index in [1.165, 1.54) is 6.21 Å². The number of amides is 2. The molecule has 0 aliphatic rings. The van der Waals surface area contributed by atoms with E-state index in [1.54, 1.807) is 54.6 Å². The van der Waals surface area contributed by atoms with E-state index < -0.39 is 11.9 Å². The number of nitrogens with zero attached hydrogens (tertiary/aromatic N) is 1. The molecular formula is C27H26IN3O6. The molecule has 0 unspecified atom stereocenters. The molecule has 0 bridgehead atoms. The van der Waals surface area contributed by atoms with Crippen LogP contribution < -0.4 is 25.0 Å². The van der Waals surface area contributed by atoms with Crippen LogP contribution in [0.15, 0.2) is 71.8 Å². The van der Waals surface area contributed by atoms with Crippen molar-refractivity contribution in [3.8, 4) is 17.2 Å². The van der Waals surface area contributed by atoms with Crippen molar-refractivity contribution >= 4 is 46.6 Å². The van der Waals surface area contributed by atoms with Crippen molar-refractivity contribution in [2.45, 2.75) is 13.8 Å². The van der Waals surface area contributed by atoms with Crippen LogP contribution in [-0.4, -0.2) is 43.8 Å². The Balaban J connectivity index is 1.57. The van der Waals surface area contributed by atoms with Crippen LogP contribution in [0.3, 0.4) is 0 Å². The number of benzene rings is 3. The van der Waals surface area contributed by atoms with Crippen LogP contribution in [0.25, 0.3) is 0 Å². The first-order valence-electron chi connectivity index (χ1n) is 11.5. The zero-order valence-corrected chi connectivity index (χ0v) is 22.5. The molecule has 37 heavy (non-hydrogen) atoms. The second kappa shape index (κ2) is 14.0. The summed E-state index contributed by atoms with van der Waals surface area (Å²) >= 11 is 2.06. The molecule has 0 aromatic heterocycles. The molecule has 2 N–H and O–H groups in total. The molecule has 0 aliphatic heterocycles. The van der Waals surface area contributed by atoms with Crippen molar-refractivity contribution < 1.29 is 28.6 Å². The third-order valence-electron chi connectivity index (χ3n) is 4.80. The van der Waals surface area contributed by atoms with E-state index in [-0.39, 0.29) is 18.2 Å². The van der Waals surface area contributed by atoms with E-state index in [4.69, 9.17) is 14.2 Å². The van der Waals surface area contributed by atoms with Crippen LogP contribution in [0.4, 0.5) is 0 Å². The third-order valence-corrected chi connectivity index (χ3v) is 5.74. The number of halogens is 1. The van der Waals surface area contributed by atoms with Crippen LogP contribution in [0.5, 0.6) is 17.2 Å². The Morgan fingerprint density at radius 3 is 2.35 bits per heavy atom. The van der Waals surface area contributed by atoms with Crippen molar-refractivity contribution in [2.75, 3.05) is 19.8 Å². The minimum Gasteiger partial charge on any atom is -0.494 e. The normalized spacial score (nSPS) is 10.6. The van der Waals surface area contributed by atoms with Crippen molar-refractivity contribution in [3.05, 3.63) is 87.0 Å². The number of hydrazone groups is 1. The number of hydrogen-bond donors (Lipinski definition) is 2. The van der Waals surface area contributed by atoms with Crippen LogP contribution in [-0.2, 0) is 4.79 Å². The van der Waals surface area contributed by atoms with Gasteiger partial charge in [0.05, 0.1) is 37.1 Å². The molecule has 0 saturated heterocycles. The zero-order valence-electron chi connectivity index (χ0n) is 20.3. The van der Waals surface area contributed by atoms with E-state index in [1.807, 2.05) is 26.0 Å². The standard InChI is InChI=1S/C27H26IN3O6/c1-3-35-20-12-10-19(11-13-20)27(34)37-23-14-9-18(15-24(23)36-4-2)16-30-31-25(32)17-29-26(33)21-7-5-6-8-22(21)28/h5-16H,3-4,17H2,1-2H3,(H,29,33)(H,31,32). The number of hydrogen-bond acceptors (Lipinski definition) is 7. The summed E-state index contributed by atoms with van der Waals surface area (Å²) in [6.07, 6.45) is 1.42. The Morgan fingerprint density at radius 2 is 1.65 bits per heavy atom. The van der Waals surface area contributed by atoms with Crippen molar-refractivity contribution in [1.29, 1.82) is 0 Å². The molecule has 0 fully saturated rings. The molecule has 3 aromatic rings. The first kappa shape index (κ1) is 27.7. The highest BCUT2D eigenvalue weighted by molar-refractivity contribution is 14.1. The van der Waals surface area contributed by atoms with E-state index in [9.17, 15) is 14.4 Å². The van der Waals surface area contributed by atoms with Gasteiger partial charge < -0.3 is 19.5 Å². The first-order valence-corrected chi connectivity index (χ1v) is 12.6. The Kier molecular flexibility index (Phi) is 10.4. The van der Waals surface area contributed by atoms with Gasteiger partial charge in [0.2, 0.25) is 0 Å². The largest absolute Gasteiger partial charge is 0.494 e. The molecule has 9 nitrogen and oxygen atoms in total. The number of rotatable bonds is 11. The molecule has 3 rings (SSSR count). The smallest absolute Gasteiger partial charge is 0.343 e. The molecule has 0 spiro atoms. The predicted molar refractivity (Wildman–Crippen MR) is 147 cm³/mol. The maximum Gasteiger partial charge on any atom is 0.343 e. The summed E-state index contributed by atoms with van der Waals surface area (Å²) in [5.41, 5.74) is 3.83. The number of ether oxygens (including phenoxy) is 3. The maximum absolute atomic E-state index is 12.6. The number of carbonyl (C=O) groups is 3. The highest BCUT2D eigenvalue weighted by Gasteiger charge is 2.14. The van der Waals surface area contributed by atoms with Gasteiger partial charge in [-0.15, -0.1) is 0 Å². The molecule has 2 amide bonds. The molecule has 10 heteroatoms. The first-order chi connectivity index (χ1) is 17.9. The molecule has 0 aliphatic carbocycles. The fraction of sp³-hybridized carbons (Fsp3) is 0.185. The van der Waals surface area contributed by atoms with Gasteiger partial charge in [0.1, 0.15) is 5.75 Å². The molecule has 0 heterocycles. The minimum absolute atomic E-state index is 0.230. The summed E-state index contributed by atoms with van der Waals surface area (Å²) in [6, 6.07) is 18.6. The average molecular weight is 615 g/mol. The number of nitrogens with one attached hydrogen (secondary N) is 2. The third kappa shape index (κ3) is 8.31. The monoisotopic (exact) mass is 615 g/mol. The fourth-order valence-corrected chi connectivity index (χ4v) is 3.72. The predicted octanol–water partition coefficient (Wildman–Crippen LogP) is 4.19. The molecule has 0 radical (unpaired) electrons. The number of esters is 1. The van der Waals surface area contributed by atoms with Gasteiger partial charge in [-0.3, -0.25) is 9.59 Å². The second-order valence-corrected chi connectivity index (χ2v) is 8.60. The lowest BCUT2D eigenvalue weighted by atomic mass is 10.2. The van der Waals surface area contributed by atoms with Crippen LogP contribution in [0.2, 0.25) is 0 Å². The zero-order chi connectivity index (χ0) is 26.6. The quantitative estimate of drug-likeness (QED) is 0.110. The number of carbonyl (C=O) groups excluding carboxylic acids is 3. The van der Waals surface area contributed by atoms with Crippen molar-refractivity contribution in [1.82, 2.24) is 10.7 Å². The van der Waals surface area contributed by atoms with Crippen LogP contribution >= 0.6 is 22.6 Å². The van der Waals surface area contributed by atoms with E-state index in [0.717, 1.165) is 3.57 Å². The summed E-state index contributed by atoms with van der Waals surface area (Å²) < 4.78 is 17.3. The molecule has 3 aromatic carbocycles. The lowest BCUT2D eigenvalue weighted by molar-refractivity contribution is -0.120. The van der Waals surface area contributed by atoms with Crippen molar-refractivity contribution in [3.63, 3.8) is 0 Å². The summed E-state index contributed by atoms with van der Waals surface area (Å²) in [5, 5.41) is 6.48. The Bertz CT molecular complexity index is 1280. The van der Waals surface area contributed by atoms with Gasteiger partial charge in [0, 0.05) is 3.57 Å². The van der Waals surface area contributed by atoms with Gasteiger partial charge in [0.15, 0.2) is 11.5 Å². The topological polar surface area (TPSA) is 115 Å². The highest BCUT2D eigenvalue weighted by Crippen LogP contribution is 2.29. The highest BCUT2D eigenvalue weighted by atomic mass is 127. The minimum atomic E-state index is -0.537. The summed E-state index contributed by atoms with van der Waals surface area (Å²) in [6.45, 7) is 4.35. The molecular weight excluding hydrogens is 589 g/mol. The van der Waals surface area contributed by atoms with Gasteiger partial charge >= 0.3 is 5.97 Å². The van der Waals surface area contributed by atoms with Gasteiger partial charge in [0.25, 0.3) is 11.8 Å². The van der Waals surface area contributed by atoms with Gasteiger partial charge in [-0.2, -0.15) is 5.10 Å². The summed E-state index contributed by atoms with van der Waals surface area (Å²) in [7, 11) is 0. The lowest BCUT2D eigenvalue weighted by Crippen LogP contribution is -2.35. The lowest BCUT2D eigenvalue weighted by Gasteiger charge is -2.11. The Hall–Kier alpha value is -3.93. The van der Waals surface area contributed by atoms with E-state index in [0.29, 0.717) is 41.4 Å². The molecule has 192 valence electrons.